The molecule has 1 aromatic heterocycles. The van der Waals surface area contributed by atoms with Gasteiger partial charge in [-0.1, -0.05) is 5.16 Å². The summed E-state index contributed by atoms with van der Waals surface area (Å²) in [6.07, 6.45) is 2.36. The lowest BCUT2D eigenvalue weighted by Crippen LogP contribution is -2.41. The molecule has 0 N–H and O–H groups in total. The van der Waals surface area contributed by atoms with E-state index in [2.05, 4.69) is 32.9 Å². The van der Waals surface area contributed by atoms with E-state index in [0.29, 0.717) is 5.92 Å². The molecule has 1 aromatic rings. The van der Waals surface area contributed by atoms with Crippen LogP contribution in [0.3, 0.4) is 0 Å². The molecule has 5 heteroatoms. The van der Waals surface area contributed by atoms with E-state index in [1.807, 2.05) is 6.92 Å². The van der Waals surface area contributed by atoms with Gasteiger partial charge in [-0.15, -0.1) is 0 Å². The van der Waals surface area contributed by atoms with Crippen molar-refractivity contribution in [2.75, 3.05) is 0 Å². The van der Waals surface area contributed by atoms with Crippen molar-refractivity contribution < 1.29 is 13.8 Å². The predicted octanol–water partition coefficient (Wildman–Crippen LogP) is 2.16. The molecule has 0 bridgehead atoms. The van der Waals surface area contributed by atoms with Crippen molar-refractivity contribution in [1.29, 1.82) is 0 Å². The van der Waals surface area contributed by atoms with Gasteiger partial charge in [0.2, 0.25) is 0 Å². The van der Waals surface area contributed by atoms with Crippen molar-refractivity contribution in [2.45, 2.75) is 64.6 Å². The number of aryl methyl sites for hydroxylation is 1. The van der Waals surface area contributed by atoms with Crippen LogP contribution >= 0.6 is 0 Å². The first-order chi connectivity index (χ1) is 8.32. The third kappa shape index (κ3) is 1.72. The third-order valence-electron chi connectivity index (χ3n) is 4.37. The number of aromatic nitrogens is 1. The van der Waals surface area contributed by atoms with Crippen LogP contribution in [-0.2, 0) is 9.31 Å². The third-order valence-corrected chi connectivity index (χ3v) is 4.37. The molecule has 0 unspecified atom stereocenters. The first-order valence-electron chi connectivity index (χ1n) is 6.63. The number of hydrogen-bond donors (Lipinski definition) is 0. The molecule has 18 heavy (non-hydrogen) atoms. The normalized spacial score (nSPS) is 25.7. The van der Waals surface area contributed by atoms with Crippen LogP contribution in [0.15, 0.2) is 4.52 Å². The second-order valence-corrected chi connectivity index (χ2v) is 6.41. The van der Waals surface area contributed by atoms with Crippen molar-refractivity contribution in [3.8, 4) is 0 Å². The van der Waals surface area contributed by atoms with Crippen molar-refractivity contribution in [3.05, 3.63) is 11.5 Å². The van der Waals surface area contributed by atoms with E-state index in [1.165, 1.54) is 12.8 Å². The summed E-state index contributed by atoms with van der Waals surface area (Å²) in [5.74, 6) is 1.48. The maximum Gasteiger partial charge on any atom is 0.500 e. The molecule has 1 saturated heterocycles. The van der Waals surface area contributed by atoms with Gasteiger partial charge in [-0.05, 0) is 47.5 Å². The molecule has 1 saturated carbocycles. The first kappa shape index (κ1) is 12.2. The summed E-state index contributed by atoms with van der Waals surface area (Å²) in [6, 6.07) is 0. The van der Waals surface area contributed by atoms with Gasteiger partial charge in [0, 0.05) is 11.4 Å². The van der Waals surface area contributed by atoms with Crippen molar-refractivity contribution >= 4 is 12.6 Å². The largest absolute Gasteiger partial charge is 0.500 e. The van der Waals surface area contributed by atoms with Gasteiger partial charge < -0.3 is 13.8 Å². The smallest absolute Gasteiger partial charge is 0.399 e. The molecule has 4 nitrogen and oxygen atoms in total. The Kier molecular flexibility index (Phi) is 2.45. The minimum absolute atomic E-state index is 0.317. The molecule has 3 rings (SSSR count). The molecule has 1 aliphatic heterocycles. The summed E-state index contributed by atoms with van der Waals surface area (Å²) in [7, 11) is -0.350. The second kappa shape index (κ2) is 3.61. The fraction of sp³-hybridized carbons (Fsp3) is 0.769. The van der Waals surface area contributed by atoms with E-state index < -0.39 is 0 Å². The summed E-state index contributed by atoms with van der Waals surface area (Å²) in [4.78, 5) is 0. The van der Waals surface area contributed by atoms with Crippen LogP contribution in [0.1, 0.15) is 57.9 Å². The van der Waals surface area contributed by atoms with Crippen molar-refractivity contribution in [3.63, 3.8) is 0 Å². The zero-order chi connectivity index (χ0) is 13.1. The van der Waals surface area contributed by atoms with E-state index in [1.54, 1.807) is 0 Å². The van der Waals surface area contributed by atoms with Crippen LogP contribution in [0.25, 0.3) is 0 Å². The molecule has 0 atom stereocenters. The van der Waals surface area contributed by atoms with Gasteiger partial charge in [-0.2, -0.15) is 0 Å². The molecule has 2 aliphatic rings. The van der Waals surface area contributed by atoms with Crippen LogP contribution in [0.5, 0.6) is 0 Å². The van der Waals surface area contributed by atoms with Crippen LogP contribution in [0.4, 0.5) is 0 Å². The van der Waals surface area contributed by atoms with Gasteiger partial charge in [0.05, 0.1) is 16.9 Å². The zero-order valence-corrected chi connectivity index (χ0v) is 11.7. The Morgan fingerprint density at radius 2 is 1.67 bits per heavy atom. The Balaban J connectivity index is 1.95. The van der Waals surface area contributed by atoms with E-state index >= 15 is 0 Å². The zero-order valence-electron chi connectivity index (χ0n) is 11.7. The SMILES string of the molecule is Cc1noc(C2CC2)c1B1OC(C)(C)C(C)(C)O1. The van der Waals surface area contributed by atoms with Crippen LogP contribution in [-0.4, -0.2) is 23.5 Å². The molecule has 0 spiro atoms. The van der Waals surface area contributed by atoms with Crippen LogP contribution < -0.4 is 5.46 Å². The standard InChI is InChI=1S/C13H20BNO3/c1-8-10(11(16-15-8)9-6-7-9)14-17-12(2,3)13(4,5)18-14/h9H,6-7H2,1-5H3. The lowest BCUT2D eigenvalue weighted by atomic mass is 9.76. The molecular weight excluding hydrogens is 229 g/mol. The average molecular weight is 249 g/mol. The molecule has 0 radical (unpaired) electrons. The Morgan fingerprint density at radius 3 is 2.17 bits per heavy atom. The highest BCUT2D eigenvalue weighted by atomic mass is 16.7. The molecule has 2 heterocycles. The fourth-order valence-electron chi connectivity index (χ4n) is 2.28. The van der Waals surface area contributed by atoms with Crippen molar-refractivity contribution in [2.24, 2.45) is 0 Å². The molecule has 0 amide bonds. The summed E-state index contributed by atoms with van der Waals surface area (Å²) in [6.45, 7) is 10.2. The molecule has 2 fully saturated rings. The van der Waals surface area contributed by atoms with Gasteiger partial charge in [0.25, 0.3) is 0 Å². The van der Waals surface area contributed by atoms with Crippen LogP contribution in [0.2, 0.25) is 0 Å². The summed E-state index contributed by atoms with van der Waals surface area (Å²) in [5, 5.41) is 4.08. The highest BCUT2D eigenvalue weighted by Gasteiger charge is 2.54. The van der Waals surface area contributed by atoms with Crippen molar-refractivity contribution in [1.82, 2.24) is 5.16 Å². The van der Waals surface area contributed by atoms with Gasteiger partial charge in [0.1, 0.15) is 5.76 Å². The van der Waals surface area contributed by atoms with Crippen LogP contribution in [0, 0.1) is 6.92 Å². The average Bonchev–Trinajstić information content (AvgIpc) is 2.96. The Labute approximate surface area is 108 Å². The number of hydrogen-bond acceptors (Lipinski definition) is 4. The van der Waals surface area contributed by atoms with Gasteiger partial charge in [0.15, 0.2) is 0 Å². The molecule has 98 valence electrons. The van der Waals surface area contributed by atoms with E-state index in [4.69, 9.17) is 13.8 Å². The summed E-state index contributed by atoms with van der Waals surface area (Å²) < 4.78 is 17.6. The fourth-order valence-corrected chi connectivity index (χ4v) is 2.28. The monoisotopic (exact) mass is 249 g/mol. The maximum atomic E-state index is 6.09. The first-order valence-corrected chi connectivity index (χ1v) is 6.63. The lowest BCUT2D eigenvalue weighted by Gasteiger charge is -2.32. The minimum Gasteiger partial charge on any atom is -0.399 e. The van der Waals surface area contributed by atoms with E-state index in [9.17, 15) is 0 Å². The Hall–Kier alpha value is -0.805. The summed E-state index contributed by atoms with van der Waals surface area (Å²) >= 11 is 0. The van der Waals surface area contributed by atoms with Gasteiger partial charge in [-0.3, -0.25) is 0 Å². The second-order valence-electron chi connectivity index (χ2n) is 6.41. The Bertz CT molecular complexity index is 461. The van der Waals surface area contributed by atoms with Gasteiger partial charge >= 0.3 is 7.12 Å². The predicted molar refractivity (Wildman–Crippen MR) is 68.9 cm³/mol. The summed E-state index contributed by atoms with van der Waals surface area (Å²) in [5.41, 5.74) is 1.26. The molecule has 1 aliphatic carbocycles. The Morgan fingerprint density at radius 1 is 1.11 bits per heavy atom. The van der Waals surface area contributed by atoms with E-state index in [0.717, 1.165) is 16.9 Å². The highest BCUT2D eigenvalue weighted by molar-refractivity contribution is 6.63. The molecule has 0 aromatic carbocycles. The minimum atomic E-state index is -0.350. The highest BCUT2D eigenvalue weighted by Crippen LogP contribution is 2.42. The number of nitrogens with zero attached hydrogens (tertiary/aromatic N) is 1. The quantitative estimate of drug-likeness (QED) is 0.753. The van der Waals surface area contributed by atoms with Gasteiger partial charge in [-0.25, -0.2) is 0 Å². The lowest BCUT2D eigenvalue weighted by molar-refractivity contribution is 0.00578. The topological polar surface area (TPSA) is 44.5 Å². The van der Waals surface area contributed by atoms with E-state index in [-0.39, 0.29) is 18.3 Å². The number of rotatable bonds is 2. The molecular formula is C13H20BNO3. The maximum absolute atomic E-state index is 6.09.